The Morgan fingerprint density at radius 2 is 1.86 bits per heavy atom. The molecule has 1 N–H and O–H groups in total. The molecule has 2 rings (SSSR count). The third-order valence-electron chi connectivity index (χ3n) is 3.80. The Morgan fingerprint density at radius 1 is 1.14 bits per heavy atom. The van der Waals surface area contributed by atoms with E-state index in [0.29, 0.717) is 6.42 Å². The molecule has 0 amide bonds. The van der Waals surface area contributed by atoms with E-state index in [4.69, 9.17) is 4.74 Å². The van der Waals surface area contributed by atoms with Crippen LogP contribution in [0.4, 0.5) is 0 Å². The fourth-order valence-corrected chi connectivity index (χ4v) is 3.11. The van der Waals surface area contributed by atoms with Crippen molar-refractivity contribution in [1.29, 1.82) is 0 Å². The highest BCUT2D eigenvalue weighted by Crippen LogP contribution is 2.29. The highest BCUT2D eigenvalue weighted by Gasteiger charge is 2.21. The molecule has 0 bridgehead atoms. The van der Waals surface area contributed by atoms with Gasteiger partial charge in [0.15, 0.2) is 0 Å². The topological polar surface area (TPSA) is 29.5 Å². The van der Waals surface area contributed by atoms with Crippen molar-refractivity contribution in [3.8, 4) is 5.75 Å². The van der Waals surface area contributed by atoms with Crippen molar-refractivity contribution in [3.63, 3.8) is 0 Å². The van der Waals surface area contributed by atoms with Crippen molar-refractivity contribution in [1.82, 2.24) is 0 Å². The quantitative estimate of drug-likeness (QED) is 0.829. The second kappa shape index (κ2) is 7.62. The van der Waals surface area contributed by atoms with Crippen molar-refractivity contribution >= 4 is 15.9 Å². The minimum absolute atomic E-state index is 0.134. The normalized spacial score (nSPS) is 13.7. The highest BCUT2D eigenvalue weighted by molar-refractivity contribution is 9.10. The Morgan fingerprint density at radius 3 is 2.48 bits per heavy atom. The van der Waals surface area contributed by atoms with Crippen molar-refractivity contribution in [3.05, 3.63) is 64.1 Å². The van der Waals surface area contributed by atoms with Gasteiger partial charge in [0.1, 0.15) is 5.75 Å². The van der Waals surface area contributed by atoms with Gasteiger partial charge in [-0.2, -0.15) is 0 Å². The molecule has 0 radical (unpaired) electrons. The Balaban J connectivity index is 2.20. The van der Waals surface area contributed by atoms with Crippen LogP contribution in [0, 0.1) is 0 Å². The van der Waals surface area contributed by atoms with E-state index in [1.54, 1.807) is 7.11 Å². The minimum Gasteiger partial charge on any atom is -0.496 e. The molecule has 112 valence electrons. The lowest BCUT2D eigenvalue weighted by Gasteiger charge is -2.23. The lowest BCUT2D eigenvalue weighted by Crippen LogP contribution is -2.21. The van der Waals surface area contributed by atoms with Crippen molar-refractivity contribution < 1.29 is 9.84 Å². The molecular weight excluding hydrogens is 328 g/mol. The Hall–Kier alpha value is -1.32. The second-order valence-electron chi connectivity index (χ2n) is 5.15. The van der Waals surface area contributed by atoms with Gasteiger partial charge in [-0.1, -0.05) is 53.2 Å². The average molecular weight is 349 g/mol. The molecule has 0 aliphatic rings. The van der Waals surface area contributed by atoms with E-state index in [-0.39, 0.29) is 5.92 Å². The molecule has 3 heteroatoms. The van der Waals surface area contributed by atoms with Crippen molar-refractivity contribution in [2.75, 3.05) is 7.11 Å². The summed E-state index contributed by atoms with van der Waals surface area (Å²) in [5.74, 6) is 0.954. The second-order valence-corrected chi connectivity index (χ2v) is 6.07. The smallest absolute Gasteiger partial charge is 0.122 e. The first-order chi connectivity index (χ1) is 10.2. The molecular formula is C18H21BrO2. The monoisotopic (exact) mass is 348 g/mol. The standard InChI is InChI=1S/C18H21BrO2/c1-3-16(13-7-5-4-6-8-13)17(20)12-14-11-15(19)9-10-18(14)21-2/h4-11,16-17,20H,3,12H2,1-2H3. The molecule has 2 atom stereocenters. The zero-order chi connectivity index (χ0) is 15.2. The number of ether oxygens (including phenoxy) is 1. The van der Waals surface area contributed by atoms with Crippen LogP contribution in [-0.2, 0) is 6.42 Å². The Bertz CT molecular complexity index is 569. The largest absolute Gasteiger partial charge is 0.496 e. The Labute approximate surface area is 134 Å². The lowest BCUT2D eigenvalue weighted by atomic mass is 9.87. The van der Waals surface area contributed by atoms with E-state index in [0.717, 1.165) is 22.2 Å². The lowest BCUT2D eigenvalue weighted by molar-refractivity contribution is 0.140. The molecule has 2 nitrogen and oxygen atoms in total. The summed E-state index contributed by atoms with van der Waals surface area (Å²) in [6.45, 7) is 2.11. The SMILES string of the molecule is CCC(c1ccccc1)C(O)Cc1cc(Br)ccc1OC. The van der Waals surface area contributed by atoms with E-state index in [1.807, 2.05) is 36.4 Å². The summed E-state index contributed by atoms with van der Waals surface area (Å²) >= 11 is 3.48. The number of halogens is 1. The predicted molar refractivity (Wildman–Crippen MR) is 89.9 cm³/mol. The zero-order valence-electron chi connectivity index (χ0n) is 12.4. The summed E-state index contributed by atoms with van der Waals surface area (Å²) in [7, 11) is 1.66. The van der Waals surface area contributed by atoms with E-state index in [2.05, 4.69) is 35.0 Å². The van der Waals surface area contributed by atoms with Crippen LogP contribution in [0.5, 0.6) is 5.75 Å². The summed E-state index contributed by atoms with van der Waals surface area (Å²) in [4.78, 5) is 0. The van der Waals surface area contributed by atoms with Crippen LogP contribution in [0.25, 0.3) is 0 Å². The molecule has 0 aliphatic heterocycles. The molecule has 0 aromatic heterocycles. The summed E-state index contributed by atoms with van der Waals surface area (Å²) < 4.78 is 6.39. The van der Waals surface area contributed by atoms with E-state index in [1.165, 1.54) is 5.56 Å². The van der Waals surface area contributed by atoms with Gasteiger partial charge in [-0.05, 0) is 35.7 Å². The molecule has 0 saturated carbocycles. The summed E-state index contributed by atoms with van der Waals surface area (Å²) in [5, 5.41) is 10.7. The Kier molecular flexibility index (Phi) is 5.83. The number of methoxy groups -OCH3 is 1. The van der Waals surface area contributed by atoms with Gasteiger partial charge in [-0.25, -0.2) is 0 Å². The first-order valence-electron chi connectivity index (χ1n) is 7.21. The number of hydrogen-bond donors (Lipinski definition) is 1. The number of aliphatic hydroxyl groups is 1. The maximum absolute atomic E-state index is 10.7. The van der Waals surface area contributed by atoms with Crippen LogP contribution >= 0.6 is 15.9 Å². The van der Waals surface area contributed by atoms with Crippen molar-refractivity contribution in [2.45, 2.75) is 31.8 Å². The van der Waals surface area contributed by atoms with Crippen molar-refractivity contribution in [2.24, 2.45) is 0 Å². The zero-order valence-corrected chi connectivity index (χ0v) is 14.0. The van der Waals surface area contributed by atoms with Crippen LogP contribution < -0.4 is 4.74 Å². The third kappa shape index (κ3) is 4.08. The molecule has 2 aromatic carbocycles. The predicted octanol–water partition coefficient (Wildman–Crippen LogP) is 4.55. The molecule has 0 spiro atoms. The molecule has 0 saturated heterocycles. The molecule has 2 aromatic rings. The summed E-state index contributed by atoms with van der Waals surface area (Å²) in [5.41, 5.74) is 2.20. The number of rotatable bonds is 6. The van der Waals surface area contributed by atoms with Gasteiger partial charge in [0.2, 0.25) is 0 Å². The van der Waals surface area contributed by atoms with Crippen LogP contribution in [0.15, 0.2) is 53.0 Å². The van der Waals surface area contributed by atoms with Gasteiger partial charge in [0.05, 0.1) is 13.2 Å². The molecule has 0 aliphatic carbocycles. The van der Waals surface area contributed by atoms with Crippen LogP contribution in [0.3, 0.4) is 0 Å². The van der Waals surface area contributed by atoms with Crippen LogP contribution in [0.1, 0.15) is 30.4 Å². The van der Waals surface area contributed by atoms with E-state index >= 15 is 0 Å². The minimum atomic E-state index is -0.430. The molecule has 21 heavy (non-hydrogen) atoms. The van der Waals surface area contributed by atoms with Gasteiger partial charge in [0.25, 0.3) is 0 Å². The van der Waals surface area contributed by atoms with Crippen LogP contribution in [0.2, 0.25) is 0 Å². The average Bonchev–Trinajstić information content (AvgIpc) is 2.49. The number of aliphatic hydroxyl groups excluding tert-OH is 1. The first kappa shape index (κ1) is 16.1. The fraction of sp³-hybridized carbons (Fsp3) is 0.333. The highest BCUT2D eigenvalue weighted by atomic mass is 79.9. The third-order valence-corrected chi connectivity index (χ3v) is 4.30. The van der Waals surface area contributed by atoms with E-state index < -0.39 is 6.10 Å². The maximum atomic E-state index is 10.7. The maximum Gasteiger partial charge on any atom is 0.122 e. The first-order valence-corrected chi connectivity index (χ1v) is 8.00. The molecule has 2 unspecified atom stereocenters. The molecule has 0 heterocycles. The van der Waals surface area contributed by atoms with Gasteiger partial charge in [-0.3, -0.25) is 0 Å². The molecule has 0 fully saturated rings. The summed E-state index contributed by atoms with van der Waals surface area (Å²) in [6.07, 6.45) is 1.05. The van der Waals surface area contributed by atoms with Crippen LogP contribution in [-0.4, -0.2) is 18.3 Å². The van der Waals surface area contributed by atoms with Gasteiger partial charge < -0.3 is 9.84 Å². The number of hydrogen-bond acceptors (Lipinski definition) is 2. The van der Waals surface area contributed by atoms with E-state index in [9.17, 15) is 5.11 Å². The fourth-order valence-electron chi connectivity index (χ4n) is 2.70. The van der Waals surface area contributed by atoms with Gasteiger partial charge in [0, 0.05) is 16.8 Å². The van der Waals surface area contributed by atoms with Gasteiger partial charge >= 0.3 is 0 Å². The summed E-state index contributed by atoms with van der Waals surface area (Å²) in [6, 6.07) is 16.1. The van der Waals surface area contributed by atoms with Gasteiger partial charge in [-0.15, -0.1) is 0 Å². The number of benzene rings is 2.